The first-order chi connectivity index (χ1) is 8.63. The lowest BCUT2D eigenvalue weighted by molar-refractivity contribution is -0.121. The predicted octanol–water partition coefficient (Wildman–Crippen LogP) is 1.29. The van der Waals surface area contributed by atoms with E-state index in [4.69, 9.17) is 0 Å². The van der Waals surface area contributed by atoms with Crippen LogP contribution in [0.4, 0.5) is 0 Å². The maximum Gasteiger partial charge on any atom is 0.271 e. The second-order valence-electron chi connectivity index (χ2n) is 4.04. The van der Waals surface area contributed by atoms with Gasteiger partial charge in [-0.15, -0.1) is 11.3 Å². The fourth-order valence-corrected chi connectivity index (χ4v) is 2.68. The van der Waals surface area contributed by atoms with Crippen LogP contribution in [0.15, 0.2) is 16.5 Å². The molecule has 2 rings (SSSR count). The molecule has 2 heterocycles. The summed E-state index contributed by atoms with van der Waals surface area (Å²) in [6.45, 7) is 4.77. The van der Waals surface area contributed by atoms with Crippen LogP contribution in [0.3, 0.4) is 0 Å². The van der Waals surface area contributed by atoms with E-state index in [0.717, 1.165) is 11.1 Å². The van der Waals surface area contributed by atoms with E-state index >= 15 is 0 Å². The minimum atomic E-state index is -0.0672. The first-order valence-corrected chi connectivity index (χ1v) is 6.71. The summed E-state index contributed by atoms with van der Waals surface area (Å²) in [4.78, 5) is 27.7. The molecule has 1 N–H and O–H groups in total. The zero-order valence-electron chi connectivity index (χ0n) is 10.4. The number of carbonyl (C=O) groups is 1. The average Bonchev–Trinajstić information content (AvgIpc) is 2.72. The van der Waals surface area contributed by atoms with Crippen molar-refractivity contribution in [2.75, 3.05) is 6.54 Å². The predicted molar refractivity (Wildman–Crippen MR) is 71.9 cm³/mol. The molecule has 0 bridgehead atoms. The van der Waals surface area contributed by atoms with Crippen molar-refractivity contribution in [3.05, 3.63) is 27.6 Å². The molecular formula is C12H15N3O2S. The molecule has 0 atom stereocenters. The Morgan fingerprint density at radius 3 is 3.06 bits per heavy atom. The molecule has 1 amide bonds. The van der Waals surface area contributed by atoms with E-state index < -0.39 is 0 Å². The van der Waals surface area contributed by atoms with Crippen molar-refractivity contribution in [1.82, 2.24) is 14.9 Å². The molecule has 0 fully saturated rings. The smallest absolute Gasteiger partial charge is 0.271 e. The maximum atomic E-state index is 12.1. The van der Waals surface area contributed by atoms with E-state index in [-0.39, 0.29) is 11.5 Å². The largest absolute Gasteiger partial charge is 0.356 e. The van der Waals surface area contributed by atoms with Crippen LogP contribution in [0.1, 0.15) is 18.9 Å². The van der Waals surface area contributed by atoms with Crippen LogP contribution in [0.25, 0.3) is 10.2 Å². The number of amides is 1. The number of aromatic nitrogens is 2. The highest BCUT2D eigenvalue weighted by molar-refractivity contribution is 7.17. The Kier molecular flexibility index (Phi) is 3.76. The molecule has 96 valence electrons. The molecule has 0 saturated heterocycles. The third kappa shape index (κ3) is 2.43. The molecule has 2 aromatic heterocycles. The molecule has 0 saturated carbocycles. The maximum absolute atomic E-state index is 12.1. The number of hydrogen-bond acceptors (Lipinski definition) is 4. The fourth-order valence-electron chi connectivity index (χ4n) is 1.73. The first kappa shape index (κ1) is 12.8. The molecule has 5 nitrogen and oxygen atoms in total. The average molecular weight is 265 g/mol. The van der Waals surface area contributed by atoms with Gasteiger partial charge in [-0.05, 0) is 24.8 Å². The zero-order valence-corrected chi connectivity index (χ0v) is 11.2. The van der Waals surface area contributed by atoms with Gasteiger partial charge >= 0.3 is 0 Å². The van der Waals surface area contributed by atoms with Crippen molar-refractivity contribution >= 4 is 27.5 Å². The van der Waals surface area contributed by atoms with Crippen molar-refractivity contribution in [3.63, 3.8) is 0 Å². The van der Waals surface area contributed by atoms with Gasteiger partial charge in [-0.3, -0.25) is 14.2 Å². The second-order valence-corrected chi connectivity index (χ2v) is 4.92. The summed E-state index contributed by atoms with van der Waals surface area (Å²) in [7, 11) is 0. The minimum Gasteiger partial charge on any atom is -0.356 e. The Morgan fingerprint density at radius 1 is 1.56 bits per heavy atom. The third-order valence-corrected chi connectivity index (χ3v) is 3.75. The highest BCUT2D eigenvalue weighted by Crippen LogP contribution is 2.19. The summed E-state index contributed by atoms with van der Waals surface area (Å²) in [6, 6.07) is 0. The van der Waals surface area contributed by atoms with E-state index in [0.29, 0.717) is 24.2 Å². The molecule has 18 heavy (non-hydrogen) atoms. The van der Waals surface area contributed by atoms with Gasteiger partial charge in [0, 0.05) is 19.5 Å². The number of thiophene rings is 1. The van der Waals surface area contributed by atoms with Crippen molar-refractivity contribution in [1.29, 1.82) is 0 Å². The van der Waals surface area contributed by atoms with Crippen molar-refractivity contribution in [2.45, 2.75) is 26.8 Å². The van der Waals surface area contributed by atoms with Crippen LogP contribution in [0.2, 0.25) is 0 Å². The Balaban J connectivity index is 2.22. The van der Waals surface area contributed by atoms with Crippen LogP contribution >= 0.6 is 11.3 Å². The van der Waals surface area contributed by atoms with Crippen LogP contribution < -0.4 is 10.9 Å². The summed E-state index contributed by atoms with van der Waals surface area (Å²) >= 11 is 1.40. The van der Waals surface area contributed by atoms with E-state index in [1.54, 1.807) is 0 Å². The van der Waals surface area contributed by atoms with E-state index in [1.165, 1.54) is 22.2 Å². The Bertz CT molecular complexity index is 630. The number of carbonyl (C=O) groups excluding carboxylic acids is 1. The third-order valence-electron chi connectivity index (χ3n) is 2.68. The van der Waals surface area contributed by atoms with E-state index in [1.807, 2.05) is 19.2 Å². The molecule has 0 aliphatic carbocycles. The van der Waals surface area contributed by atoms with Crippen molar-refractivity contribution in [2.24, 2.45) is 0 Å². The topological polar surface area (TPSA) is 64.0 Å². The van der Waals surface area contributed by atoms with Gasteiger partial charge in [0.2, 0.25) is 5.91 Å². The molecule has 6 heteroatoms. The van der Waals surface area contributed by atoms with Gasteiger partial charge in [-0.25, -0.2) is 4.98 Å². The Morgan fingerprint density at radius 2 is 2.33 bits per heavy atom. The lowest BCUT2D eigenvalue weighted by Gasteiger charge is -2.05. The summed E-state index contributed by atoms with van der Waals surface area (Å²) in [5.41, 5.74) is 1.71. The molecule has 0 unspecified atom stereocenters. The molecule has 0 aliphatic rings. The monoisotopic (exact) mass is 265 g/mol. The molecule has 0 aliphatic heterocycles. The summed E-state index contributed by atoms with van der Waals surface area (Å²) in [6.07, 6.45) is 1.81. The van der Waals surface area contributed by atoms with Crippen LogP contribution in [0.5, 0.6) is 0 Å². The summed E-state index contributed by atoms with van der Waals surface area (Å²) in [5, 5.41) is 4.63. The highest BCUT2D eigenvalue weighted by atomic mass is 32.1. The van der Waals surface area contributed by atoms with Gasteiger partial charge in [-0.1, -0.05) is 0 Å². The molecule has 0 radical (unpaired) electrons. The standard InChI is InChI=1S/C12H15N3O2S/c1-3-13-9(16)4-5-15-7-14-10-8(2)6-18-11(10)12(15)17/h6-7H,3-5H2,1-2H3,(H,13,16). The number of aryl methyl sites for hydroxylation is 2. The lowest BCUT2D eigenvalue weighted by Crippen LogP contribution is -2.27. The quantitative estimate of drug-likeness (QED) is 0.906. The summed E-state index contributed by atoms with van der Waals surface area (Å²) < 4.78 is 2.15. The molecule has 0 aromatic carbocycles. The van der Waals surface area contributed by atoms with Gasteiger partial charge in [0.25, 0.3) is 5.56 Å². The fraction of sp³-hybridized carbons (Fsp3) is 0.417. The number of nitrogens with one attached hydrogen (secondary N) is 1. The van der Waals surface area contributed by atoms with Crippen molar-refractivity contribution < 1.29 is 4.79 Å². The SMILES string of the molecule is CCNC(=O)CCn1cnc2c(C)csc2c1=O. The van der Waals surface area contributed by atoms with Crippen molar-refractivity contribution in [3.8, 4) is 0 Å². The normalized spacial score (nSPS) is 10.8. The molecule has 2 aromatic rings. The Labute approximate surface area is 108 Å². The van der Waals surface area contributed by atoms with Crippen LogP contribution in [-0.2, 0) is 11.3 Å². The number of nitrogens with zero attached hydrogens (tertiary/aromatic N) is 2. The molecule has 0 spiro atoms. The number of rotatable bonds is 4. The Hall–Kier alpha value is -1.69. The first-order valence-electron chi connectivity index (χ1n) is 5.83. The summed E-state index contributed by atoms with van der Waals surface area (Å²) in [5.74, 6) is -0.0492. The van der Waals surface area contributed by atoms with E-state index in [2.05, 4.69) is 10.3 Å². The lowest BCUT2D eigenvalue weighted by atomic mass is 10.3. The second kappa shape index (κ2) is 5.30. The van der Waals surface area contributed by atoms with Gasteiger partial charge in [0.1, 0.15) is 4.70 Å². The van der Waals surface area contributed by atoms with Crippen LogP contribution in [-0.4, -0.2) is 22.0 Å². The van der Waals surface area contributed by atoms with Crippen LogP contribution in [0, 0.1) is 6.92 Å². The number of hydrogen-bond donors (Lipinski definition) is 1. The van der Waals surface area contributed by atoms with Gasteiger partial charge in [0.15, 0.2) is 0 Å². The van der Waals surface area contributed by atoms with E-state index in [9.17, 15) is 9.59 Å². The number of fused-ring (bicyclic) bond motifs is 1. The molecular weight excluding hydrogens is 250 g/mol. The minimum absolute atomic E-state index is 0.0492. The zero-order chi connectivity index (χ0) is 13.1. The van der Waals surface area contributed by atoms with Gasteiger partial charge in [-0.2, -0.15) is 0 Å². The highest BCUT2D eigenvalue weighted by Gasteiger charge is 2.09. The van der Waals surface area contributed by atoms with Gasteiger partial charge < -0.3 is 5.32 Å². The van der Waals surface area contributed by atoms with Gasteiger partial charge in [0.05, 0.1) is 11.8 Å².